The third kappa shape index (κ3) is 5.32. The summed E-state index contributed by atoms with van der Waals surface area (Å²) in [6.07, 6.45) is 2.30. The zero-order chi connectivity index (χ0) is 13.5. The highest BCUT2D eigenvalue weighted by Crippen LogP contribution is 2.13. The number of amides is 1. The molecule has 1 amide bonds. The highest BCUT2D eigenvalue weighted by molar-refractivity contribution is 5.76. The molecule has 3 N–H and O–H groups in total. The molecule has 1 unspecified atom stereocenters. The fourth-order valence-electron chi connectivity index (χ4n) is 1.84. The zero-order valence-corrected chi connectivity index (χ0v) is 11.6. The average molecular weight is 248 g/mol. The number of carbonyl (C=O) groups is 1. The van der Waals surface area contributed by atoms with E-state index in [-0.39, 0.29) is 18.0 Å². The van der Waals surface area contributed by atoms with Crippen LogP contribution in [0.4, 0.5) is 0 Å². The van der Waals surface area contributed by atoms with Crippen LogP contribution in [0.15, 0.2) is 24.3 Å². The number of benzene rings is 1. The van der Waals surface area contributed by atoms with E-state index in [1.807, 2.05) is 13.8 Å². The smallest absolute Gasteiger partial charge is 0.220 e. The molecule has 0 fully saturated rings. The second kappa shape index (κ2) is 7.17. The van der Waals surface area contributed by atoms with Crippen molar-refractivity contribution in [1.82, 2.24) is 5.32 Å². The molecule has 0 aliphatic heterocycles. The Bertz CT molecular complexity index is 371. The van der Waals surface area contributed by atoms with Crippen molar-refractivity contribution in [2.75, 3.05) is 0 Å². The van der Waals surface area contributed by atoms with Crippen LogP contribution in [0.5, 0.6) is 0 Å². The lowest BCUT2D eigenvalue weighted by Gasteiger charge is -2.14. The van der Waals surface area contributed by atoms with Crippen LogP contribution in [-0.4, -0.2) is 11.9 Å². The predicted molar refractivity (Wildman–Crippen MR) is 75.2 cm³/mol. The number of carbonyl (C=O) groups excluding carboxylic acids is 1. The van der Waals surface area contributed by atoms with Crippen molar-refractivity contribution in [1.29, 1.82) is 0 Å². The van der Waals surface area contributed by atoms with E-state index in [4.69, 9.17) is 5.73 Å². The van der Waals surface area contributed by atoms with Crippen molar-refractivity contribution in [3.8, 4) is 0 Å². The van der Waals surface area contributed by atoms with Gasteiger partial charge in [-0.25, -0.2) is 0 Å². The van der Waals surface area contributed by atoms with Crippen molar-refractivity contribution >= 4 is 5.91 Å². The Kier molecular flexibility index (Phi) is 5.86. The monoisotopic (exact) mass is 248 g/mol. The summed E-state index contributed by atoms with van der Waals surface area (Å²) in [6, 6.07) is 8.48. The van der Waals surface area contributed by atoms with Crippen molar-refractivity contribution < 1.29 is 4.79 Å². The normalized spacial score (nSPS) is 14.0. The first-order chi connectivity index (χ1) is 8.49. The summed E-state index contributed by atoms with van der Waals surface area (Å²) in [5.74, 6) is 0.101. The van der Waals surface area contributed by atoms with Gasteiger partial charge in [0.05, 0.1) is 6.04 Å². The van der Waals surface area contributed by atoms with Crippen LogP contribution in [0.2, 0.25) is 0 Å². The number of hydrogen-bond acceptors (Lipinski definition) is 2. The van der Waals surface area contributed by atoms with Gasteiger partial charge in [0.15, 0.2) is 0 Å². The van der Waals surface area contributed by atoms with E-state index in [2.05, 4.69) is 36.5 Å². The Labute approximate surface area is 110 Å². The summed E-state index contributed by atoms with van der Waals surface area (Å²) in [5.41, 5.74) is 8.02. The lowest BCUT2D eigenvalue weighted by atomic mass is 10.1. The molecule has 0 bridgehead atoms. The maximum atomic E-state index is 11.7. The molecule has 100 valence electrons. The van der Waals surface area contributed by atoms with Gasteiger partial charge in [0, 0.05) is 12.5 Å². The molecule has 3 nitrogen and oxygen atoms in total. The van der Waals surface area contributed by atoms with Crippen molar-refractivity contribution in [3.05, 3.63) is 35.4 Å². The fourth-order valence-corrected chi connectivity index (χ4v) is 1.84. The first-order valence-electron chi connectivity index (χ1n) is 6.60. The largest absolute Gasteiger partial charge is 0.350 e. The van der Waals surface area contributed by atoms with E-state index < -0.39 is 0 Å². The molecule has 0 saturated carbocycles. The van der Waals surface area contributed by atoms with E-state index in [0.717, 1.165) is 18.4 Å². The summed E-state index contributed by atoms with van der Waals surface area (Å²) in [6.45, 7) is 6.03. The fraction of sp³-hybridized carbons (Fsp3) is 0.533. The van der Waals surface area contributed by atoms with Gasteiger partial charge in [-0.05, 0) is 39.2 Å². The molecule has 0 radical (unpaired) electrons. The van der Waals surface area contributed by atoms with Gasteiger partial charge in [-0.15, -0.1) is 0 Å². The molecular formula is C15H24N2O. The second-order valence-electron chi connectivity index (χ2n) is 5.07. The van der Waals surface area contributed by atoms with Gasteiger partial charge in [-0.2, -0.15) is 0 Å². The Morgan fingerprint density at radius 2 is 1.89 bits per heavy atom. The minimum Gasteiger partial charge on any atom is -0.350 e. The molecule has 2 atom stereocenters. The average Bonchev–Trinajstić information content (AvgIpc) is 2.29. The summed E-state index contributed by atoms with van der Waals surface area (Å²) in [5, 5.41) is 3.01. The SMILES string of the molecule is Cc1ccc([C@@H](C)NC(=O)CCCC(C)N)cc1. The van der Waals surface area contributed by atoms with Gasteiger partial charge in [-0.1, -0.05) is 29.8 Å². The van der Waals surface area contributed by atoms with Gasteiger partial charge < -0.3 is 11.1 Å². The molecule has 0 heterocycles. The Morgan fingerprint density at radius 3 is 2.44 bits per heavy atom. The van der Waals surface area contributed by atoms with Crippen LogP contribution >= 0.6 is 0 Å². The molecule has 0 aliphatic carbocycles. The zero-order valence-electron chi connectivity index (χ0n) is 11.6. The molecule has 0 aromatic heterocycles. The Hall–Kier alpha value is -1.35. The quantitative estimate of drug-likeness (QED) is 0.813. The molecule has 0 saturated heterocycles. The van der Waals surface area contributed by atoms with Crippen molar-refractivity contribution in [2.24, 2.45) is 5.73 Å². The molecule has 0 aliphatic rings. The first-order valence-corrected chi connectivity index (χ1v) is 6.60. The number of hydrogen-bond donors (Lipinski definition) is 2. The van der Waals surface area contributed by atoms with E-state index >= 15 is 0 Å². The Balaban J connectivity index is 2.37. The molecule has 1 aromatic carbocycles. The van der Waals surface area contributed by atoms with Gasteiger partial charge in [0.1, 0.15) is 0 Å². The molecule has 0 spiro atoms. The van der Waals surface area contributed by atoms with Crippen LogP contribution in [0, 0.1) is 6.92 Å². The maximum Gasteiger partial charge on any atom is 0.220 e. The van der Waals surface area contributed by atoms with Gasteiger partial charge in [-0.3, -0.25) is 4.79 Å². The molecule has 3 heteroatoms. The topological polar surface area (TPSA) is 55.1 Å². The van der Waals surface area contributed by atoms with E-state index in [1.54, 1.807) is 0 Å². The van der Waals surface area contributed by atoms with E-state index in [0.29, 0.717) is 6.42 Å². The second-order valence-corrected chi connectivity index (χ2v) is 5.07. The standard InChI is InChI=1S/C15H24N2O/c1-11-7-9-14(10-8-11)13(3)17-15(18)6-4-5-12(2)16/h7-10,12-13H,4-6,16H2,1-3H3,(H,17,18)/t12?,13-/m1/s1. The number of nitrogens with one attached hydrogen (secondary N) is 1. The molecular weight excluding hydrogens is 224 g/mol. The number of aryl methyl sites for hydroxylation is 1. The maximum absolute atomic E-state index is 11.7. The molecule has 1 rings (SSSR count). The minimum atomic E-state index is 0.0633. The number of nitrogens with two attached hydrogens (primary N) is 1. The lowest BCUT2D eigenvalue weighted by Crippen LogP contribution is -2.26. The molecule has 18 heavy (non-hydrogen) atoms. The summed E-state index contributed by atoms with van der Waals surface area (Å²) < 4.78 is 0. The van der Waals surface area contributed by atoms with Crippen LogP contribution in [0.25, 0.3) is 0 Å². The van der Waals surface area contributed by atoms with Crippen LogP contribution in [0.3, 0.4) is 0 Å². The molecule has 1 aromatic rings. The lowest BCUT2D eigenvalue weighted by molar-refractivity contribution is -0.121. The third-order valence-corrected chi connectivity index (χ3v) is 3.02. The van der Waals surface area contributed by atoms with Gasteiger partial charge in [0.25, 0.3) is 0 Å². The summed E-state index contributed by atoms with van der Waals surface area (Å²) >= 11 is 0. The van der Waals surface area contributed by atoms with Gasteiger partial charge >= 0.3 is 0 Å². The predicted octanol–water partition coefficient (Wildman–Crippen LogP) is 2.69. The summed E-state index contributed by atoms with van der Waals surface area (Å²) in [4.78, 5) is 11.7. The Morgan fingerprint density at radius 1 is 1.28 bits per heavy atom. The summed E-state index contributed by atoms with van der Waals surface area (Å²) in [7, 11) is 0. The van der Waals surface area contributed by atoms with Crippen molar-refractivity contribution in [3.63, 3.8) is 0 Å². The first kappa shape index (κ1) is 14.7. The minimum absolute atomic E-state index is 0.0633. The van der Waals surface area contributed by atoms with Crippen LogP contribution < -0.4 is 11.1 Å². The van der Waals surface area contributed by atoms with Gasteiger partial charge in [0.2, 0.25) is 5.91 Å². The van der Waals surface area contributed by atoms with Crippen LogP contribution in [-0.2, 0) is 4.79 Å². The highest BCUT2D eigenvalue weighted by atomic mass is 16.1. The highest BCUT2D eigenvalue weighted by Gasteiger charge is 2.09. The van der Waals surface area contributed by atoms with E-state index in [9.17, 15) is 4.79 Å². The van der Waals surface area contributed by atoms with Crippen molar-refractivity contribution in [2.45, 2.75) is 52.1 Å². The van der Waals surface area contributed by atoms with Crippen LogP contribution in [0.1, 0.15) is 50.3 Å². The number of rotatable bonds is 6. The van der Waals surface area contributed by atoms with E-state index in [1.165, 1.54) is 5.56 Å². The third-order valence-electron chi connectivity index (χ3n) is 3.02.